The summed E-state index contributed by atoms with van der Waals surface area (Å²) in [5, 5.41) is 12.5. The van der Waals surface area contributed by atoms with Crippen molar-refractivity contribution in [2.24, 2.45) is 0 Å². The number of nitrogens with one attached hydrogen (secondary N) is 1. The van der Waals surface area contributed by atoms with Crippen LogP contribution in [0.2, 0.25) is 0 Å². The van der Waals surface area contributed by atoms with E-state index in [0.29, 0.717) is 11.8 Å². The summed E-state index contributed by atoms with van der Waals surface area (Å²) < 4.78 is 9.73. The van der Waals surface area contributed by atoms with Gasteiger partial charge in [0.1, 0.15) is 23.8 Å². The summed E-state index contributed by atoms with van der Waals surface area (Å²) in [6.45, 7) is 5.67. The van der Waals surface area contributed by atoms with E-state index < -0.39 is 0 Å². The molecule has 5 heterocycles. The van der Waals surface area contributed by atoms with Crippen molar-refractivity contribution < 1.29 is 4.74 Å². The molecule has 1 aliphatic carbocycles. The lowest BCUT2D eigenvalue weighted by Crippen LogP contribution is -2.32. The number of rotatable bonds is 6. The first-order valence-electron chi connectivity index (χ1n) is 11.6. The molecule has 10 nitrogen and oxygen atoms in total. The van der Waals surface area contributed by atoms with Gasteiger partial charge >= 0.3 is 0 Å². The van der Waals surface area contributed by atoms with E-state index in [0.717, 1.165) is 71.5 Å². The Hall–Kier alpha value is -3.56. The van der Waals surface area contributed by atoms with E-state index in [1.54, 1.807) is 19.6 Å². The van der Waals surface area contributed by atoms with Crippen molar-refractivity contribution in [3.63, 3.8) is 0 Å². The van der Waals surface area contributed by atoms with Crippen molar-refractivity contribution in [1.29, 1.82) is 0 Å². The minimum absolute atomic E-state index is 0.240. The van der Waals surface area contributed by atoms with E-state index in [1.165, 1.54) is 12.8 Å². The van der Waals surface area contributed by atoms with Gasteiger partial charge in [-0.3, -0.25) is 0 Å². The monoisotopic (exact) mass is 445 g/mol. The molecule has 4 aromatic rings. The summed E-state index contributed by atoms with van der Waals surface area (Å²) in [6, 6.07) is 2.29. The number of fused-ring (bicyclic) bond motifs is 2. The lowest BCUT2D eigenvalue weighted by Gasteiger charge is -2.25. The van der Waals surface area contributed by atoms with Crippen LogP contribution in [0, 0.1) is 6.92 Å². The first kappa shape index (κ1) is 20.1. The van der Waals surface area contributed by atoms with Crippen molar-refractivity contribution in [1.82, 2.24) is 39.3 Å². The van der Waals surface area contributed by atoms with Gasteiger partial charge in [0.05, 0.1) is 7.11 Å². The Balaban J connectivity index is 1.34. The molecule has 0 aromatic carbocycles. The van der Waals surface area contributed by atoms with Crippen molar-refractivity contribution in [2.45, 2.75) is 64.6 Å². The summed E-state index contributed by atoms with van der Waals surface area (Å²) in [5.41, 5.74) is 3.49. The number of pyridine rings is 1. The predicted octanol–water partition coefficient (Wildman–Crippen LogP) is 3.12. The average molecular weight is 446 g/mol. The molecule has 1 fully saturated rings. The molecular weight excluding hydrogens is 418 g/mol. The summed E-state index contributed by atoms with van der Waals surface area (Å²) in [5.74, 6) is 5.04. The van der Waals surface area contributed by atoms with Gasteiger partial charge in [-0.15, -0.1) is 10.2 Å². The molecule has 0 amide bonds. The molecule has 1 N–H and O–H groups in total. The van der Waals surface area contributed by atoms with E-state index >= 15 is 0 Å². The van der Waals surface area contributed by atoms with Crippen LogP contribution in [0.4, 0.5) is 5.82 Å². The highest BCUT2D eigenvalue weighted by molar-refractivity contribution is 5.86. The molecule has 6 rings (SSSR count). The smallest absolute Gasteiger partial charge is 0.215 e. The fraction of sp³-hybridized carbons (Fsp3) is 0.478. The maximum atomic E-state index is 5.32. The Kier molecular flexibility index (Phi) is 4.74. The number of methoxy groups -OCH3 is 1. The van der Waals surface area contributed by atoms with E-state index in [-0.39, 0.29) is 6.04 Å². The third kappa shape index (κ3) is 3.40. The van der Waals surface area contributed by atoms with E-state index in [1.807, 2.05) is 13.0 Å². The number of imidazole rings is 1. The SMILES string of the molecule is CCn1c(-c2cnc(OC)c(C)c2)nc2c(N[C@@H]3CCc4nnc(C5CC5)n4C3)ncnc21. The zero-order chi connectivity index (χ0) is 22.5. The first-order chi connectivity index (χ1) is 16.2. The van der Waals surface area contributed by atoms with Gasteiger partial charge in [-0.1, -0.05) is 0 Å². The zero-order valence-corrected chi connectivity index (χ0v) is 19.1. The Morgan fingerprint density at radius 1 is 1.15 bits per heavy atom. The second kappa shape index (κ2) is 7.79. The van der Waals surface area contributed by atoms with Crippen molar-refractivity contribution in [2.75, 3.05) is 12.4 Å². The standard InChI is InChI=1S/C23H27N9O/c1-4-31-20(15-9-13(2)23(33-3)24-10-15)28-18-19(25-12-26-22(18)31)27-16-7-8-17-29-30-21(14-5-6-14)32(17)11-16/h9-10,12,14,16H,4-8,11H2,1-3H3,(H,25,26,27)/t16-/m1/s1. The van der Waals surface area contributed by atoms with Gasteiger partial charge in [-0.25, -0.2) is 19.9 Å². The summed E-state index contributed by atoms with van der Waals surface area (Å²) in [6.07, 6.45) is 7.75. The van der Waals surface area contributed by atoms with E-state index in [4.69, 9.17) is 9.72 Å². The number of nitrogens with zero attached hydrogens (tertiary/aromatic N) is 8. The van der Waals surface area contributed by atoms with Crippen LogP contribution in [0.15, 0.2) is 18.6 Å². The molecular formula is C23H27N9O. The fourth-order valence-electron chi connectivity index (χ4n) is 4.76. The van der Waals surface area contributed by atoms with Crippen molar-refractivity contribution in [3.8, 4) is 17.3 Å². The van der Waals surface area contributed by atoms with Crippen LogP contribution in [0.3, 0.4) is 0 Å². The number of hydrogen-bond donors (Lipinski definition) is 1. The number of aromatic nitrogens is 8. The van der Waals surface area contributed by atoms with Crippen molar-refractivity contribution in [3.05, 3.63) is 35.8 Å². The Labute approximate surface area is 191 Å². The third-order valence-electron chi connectivity index (χ3n) is 6.59. The molecule has 170 valence electrons. The van der Waals surface area contributed by atoms with Gasteiger partial charge in [-0.05, 0) is 39.2 Å². The maximum absolute atomic E-state index is 5.32. The van der Waals surface area contributed by atoms with E-state index in [9.17, 15) is 0 Å². The van der Waals surface area contributed by atoms with E-state index in [2.05, 4.69) is 46.5 Å². The molecule has 10 heteroatoms. The predicted molar refractivity (Wildman–Crippen MR) is 123 cm³/mol. The summed E-state index contributed by atoms with van der Waals surface area (Å²) in [4.78, 5) is 18.5. The third-order valence-corrected chi connectivity index (χ3v) is 6.59. The Morgan fingerprint density at radius 2 is 2.03 bits per heavy atom. The highest BCUT2D eigenvalue weighted by atomic mass is 16.5. The van der Waals surface area contributed by atoms with Gasteiger partial charge in [0.25, 0.3) is 0 Å². The second-order valence-corrected chi connectivity index (χ2v) is 8.86. The summed E-state index contributed by atoms with van der Waals surface area (Å²) >= 11 is 0. The quantitative estimate of drug-likeness (QED) is 0.482. The number of ether oxygens (including phenoxy) is 1. The molecule has 0 radical (unpaired) electrons. The molecule has 4 aromatic heterocycles. The van der Waals surface area contributed by atoms with Crippen LogP contribution >= 0.6 is 0 Å². The van der Waals surface area contributed by atoms with Crippen LogP contribution in [-0.2, 0) is 19.5 Å². The van der Waals surface area contributed by atoms with Crippen LogP contribution in [0.1, 0.15) is 49.3 Å². The van der Waals surface area contributed by atoms with Gasteiger partial charge < -0.3 is 19.2 Å². The van der Waals surface area contributed by atoms with Gasteiger partial charge in [0.2, 0.25) is 5.88 Å². The summed E-state index contributed by atoms with van der Waals surface area (Å²) in [7, 11) is 1.63. The minimum atomic E-state index is 0.240. The lowest BCUT2D eigenvalue weighted by molar-refractivity contribution is 0.394. The van der Waals surface area contributed by atoms with Crippen LogP contribution < -0.4 is 10.1 Å². The minimum Gasteiger partial charge on any atom is -0.481 e. The van der Waals surface area contributed by atoms with Gasteiger partial charge in [-0.2, -0.15) is 0 Å². The average Bonchev–Trinajstić information content (AvgIpc) is 3.47. The van der Waals surface area contributed by atoms with Gasteiger partial charge in [0.15, 0.2) is 17.0 Å². The van der Waals surface area contributed by atoms with Gasteiger partial charge in [0, 0.05) is 48.8 Å². The van der Waals surface area contributed by atoms with Crippen LogP contribution in [0.5, 0.6) is 5.88 Å². The normalized spacial score (nSPS) is 17.8. The van der Waals surface area contributed by atoms with Crippen LogP contribution in [-0.4, -0.2) is 52.4 Å². The first-order valence-corrected chi connectivity index (χ1v) is 11.6. The molecule has 1 aliphatic heterocycles. The molecule has 1 saturated carbocycles. The van der Waals surface area contributed by atoms with Crippen LogP contribution in [0.25, 0.3) is 22.6 Å². The highest BCUT2D eigenvalue weighted by Crippen LogP contribution is 2.40. The maximum Gasteiger partial charge on any atom is 0.215 e. The lowest BCUT2D eigenvalue weighted by atomic mass is 10.1. The number of aryl methyl sites for hydroxylation is 3. The second-order valence-electron chi connectivity index (χ2n) is 8.86. The largest absolute Gasteiger partial charge is 0.481 e. The molecule has 1 atom stereocenters. The Morgan fingerprint density at radius 3 is 2.79 bits per heavy atom. The topological polar surface area (TPSA) is 108 Å². The molecule has 2 aliphatic rings. The highest BCUT2D eigenvalue weighted by Gasteiger charge is 2.33. The molecule has 33 heavy (non-hydrogen) atoms. The zero-order valence-electron chi connectivity index (χ0n) is 19.1. The number of anilines is 1. The Bertz CT molecular complexity index is 1340. The van der Waals surface area contributed by atoms with Crippen molar-refractivity contribution >= 4 is 17.0 Å². The fourth-order valence-corrected chi connectivity index (χ4v) is 4.76. The molecule has 0 bridgehead atoms. The molecule has 0 unspecified atom stereocenters. The molecule has 0 spiro atoms. The molecule has 0 saturated heterocycles. The number of hydrogen-bond acceptors (Lipinski definition) is 8.